The molecular weight excluding hydrogens is 544 g/mol. The predicted octanol–water partition coefficient (Wildman–Crippen LogP) is 8.26. The summed E-state index contributed by atoms with van der Waals surface area (Å²) in [6, 6.07) is 0. The summed E-state index contributed by atoms with van der Waals surface area (Å²) < 4.78 is 0. The van der Waals surface area contributed by atoms with Crippen molar-refractivity contribution in [3.05, 3.63) is 0 Å². The van der Waals surface area contributed by atoms with Gasteiger partial charge in [-0.3, -0.25) is 0 Å². The van der Waals surface area contributed by atoms with Crippen LogP contribution in [-0.4, -0.2) is 46.7 Å². The van der Waals surface area contributed by atoms with Crippen molar-refractivity contribution >= 4 is 8.32 Å². The fourth-order valence-corrected chi connectivity index (χ4v) is 11.7. The third-order valence-corrected chi connectivity index (χ3v) is 14.2. The Balaban J connectivity index is 0. The maximum absolute atomic E-state index is 12.0. The second-order valence-corrected chi connectivity index (χ2v) is 15.9. The Morgan fingerprint density at radius 2 is 0.667 bits per heavy atom. The molecule has 216 valence electrons. The van der Waals surface area contributed by atoms with Crippen LogP contribution in [0.15, 0.2) is 0 Å². The first kappa shape index (κ1) is 39.1. The molecule has 3 aliphatic carbocycles. The molecule has 0 spiro atoms. The zero-order chi connectivity index (χ0) is 26.7. The number of aliphatic hydroxyl groups is 3. The number of rotatable bonds is 6. The van der Waals surface area contributed by atoms with Crippen LogP contribution in [0.4, 0.5) is 0 Å². The van der Waals surface area contributed by atoms with E-state index < -0.39 is 8.32 Å². The van der Waals surface area contributed by atoms with Crippen LogP contribution in [-0.2, 0) is 26.2 Å². The van der Waals surface area contributed by atoms with Gasteiger partial charge in [0.05, 0.1) is 18.3 Å². The van der Waals surface area contributed by atoms with Crippen LogP contribution in [0.5, 0.6) is 0 Å². The molecular formula is C30H64O4SiZr. The van der Waals surface area contributed by atoms with E-state index in [1.54, 1.807) is 20.8 Å². The van der Waals surface area contributed by atoms with Gasteiger partial charge >= 0.3 is 0 Å². The molecule has 4 nitrogen and oxygen atoms in total. The minimum atomic E-state index is -2.05. The third kappa shape index (κ3) is 16.8. The average molecular weight is 608 g/mol. The molecule has 3 aliphatic rings. The van der Waals surface area contributed by atoms with Gasteiger partial charge in [-0.2, -0.15) is 0 Å². The molecule has 3 atom stereocenters. The number of hydrogen-bond donors (Lipinski definition) is 4. The quantitative estimate of drug-likeness (QED) is 0.229. The first-order chi connectivity index (χ1) is 16.6. The van der Waals surface area contributed by atoms with Crippen molar-refractivity contribution < 1.29 is 46.3 Å². The molecule has 0 amide bonds. The second-order valence-electron chi connectivity index (χ2n) is 11.7. The summed E-state index contributed by atoms with van der Waals surface area (Å²) in [5, 5.41) is 25.1. The molecule has 0 aromatic rings. The molecule has 0 radical (unpaired) electrons. The fraction of sp³-hybridized carbons (Fsp3) is 1.00. The van der Waals surface area contributed by atoms with E-state index >= 15 is 0 Å². The third-order valence-electron chi connectivity index (χ3n) is 8.55. The summed E-state index contributed by atoms with van der Waals surface area (Å²) in [4.78, 5) is 12.0. The van der Waals surface area contributed by atoms with Gasteiger partial charge in [-0.05, 0) is 56.7 Å². The second kappa shape index (κ2) is 23.8. The average Bonchev–Trinajstić information content (AvgIpc) is 2.90. The van der Waals surface area contributed by atoms with Gasteiger partial charge in [0.1, 0.15) is 0 Å². The molecule has 0 aromatic heterocycles. The molecule has 3 fully saturated rings. The Labute approximate surface area is 245 Å². The van der Waals surface area contributed by atoms with Gasteiger partial charge in [0.25, 0.3) is 0 Å². The van der Waals surface area contributed by atoms with Gasteiger partial charge in [-0.15, -0.1) is 0 Å². The van der Waals surface area contributed by atoms with Crippen LogP contribution in [0, 0.1) is 0 Å². The van der Waals surface area contributed by atoms with E-state index in [2.05, 4.69) is 0 Å². The Morgan fingerprint density at radius 3 is 0.806 bits per heavy atom. The molecule has 0 aromatic carbocycles. The number of aliphatic hydroxyl groups excluding tert-OH is 3. The molecule has 3 saturated carbocycles. The molecule has 0 bridgehead atoms. The van der Waals surface area contributed by atoms with Crippen LogP contribution < -0.4 is 0 Å². The molecule has 36 heavy (non-hydrogen) atoms. The Hall–Kier alpha value is 0.940. The van der Waals surface area contributed by atoms with Gasteiger partial charge < -0.3 is 20.1 Å². The van der Waals surface area contributed by atoms with Crippen LogP contribution in [0.2, 0.25) is 16.6 Å². The van der Waals surface area contributed by atoms with Crippen LogP contribution in [0.1, 0.15) is 157 Å². The minimum absolute atomic E-state index is 0. The maximum atomic E-state index is 12.0. The van der Waals surface area contributed by atoms with Crippen molar-refractivity contribution in [3.63, 3.8) is 0 Å². The van der Waals surface area contributed by atoms with Gasteiger partial charge in [0, 0.05) is 26.2 Å². The minimum Gasteiger partial charge on any atom is -0.431 e. The monoisotopic (exact) mass is 606 g/mol. The maximum Gasteiger partial charge on any atom is 0.197 e. The van der Waals surface area contributed by atoms with E-state index in [4.69, 9.17) is 15.3 Å². The predicted molar refractivity (Wildman–Crippen MR) is 154 cm³/mol. The Bertz CT molecular complexity index is 393. The number of hydrogen-bond acceptors (Lipinski definition) is 4. The van der Waals surface area contributed by atoms with Gasteiger partial charge in [0.2, 0.25) is 0 Å². The van der Waals surface area contributed by atoms with Crippen molar-refractivity contribution in [2.75, 3.05) is 0 Å². The summed E-state index contributed by atoms with van der Waals surface area (Å²) in [5.74, 6) is 0. The molecule has 0 heterocycles. The van der Waals surface area contributed by atoms with Crippen LogP contribution in [0.3, 0.4) is 0 Å². The SMILES string of the molecule is CCC(C)O.CCC(C)O.CCC(C)O.O[Si](C1CCCCC1)(C1CCCCC1)C1CCCCC1.[Zr]. The van der Waals surface area contributed by atoms with Crippen LogP contribution in [0.25, 0.3) is 0 Å². The smallest absolute Gasteiger partial charge is 0.197 e. The summed E-state index contributed by atoms with van der Waals surface area (Å²) in [5.41, 5.74) is 2.30. The molecule has 0 aliphatic heterocycles. The summed E-state index contributed by atoms with van der Waals surface area (Å²) in [6.45, 7) is 11.2. The Morgan fingerprint density at radius 1 is 0.500 bits per heavy atom. The molecule has 3 rings (SSSR count). The Kier molecular flexibility index (Phi) is 25.8. The molecule has 6 heteroatoms. The fourth-order valence-electron chi connectivity index (χ4n) is 5.70. The van der Waals surface area contributed by atoms with Crippen molar-refractivity contribution in [2.24, 2.45) is 0 Å². The van der Waals surface area contributed by atoms with E-state index in [-0.39, 0.29) is 44.5 Å². The van der Waals surface area contributed by atoms with E-state index in [0.717, 1.165) is 35.9 Å². The largest absolute Gasteiger partial charge is 0.431 e. The molecule has 0 saturated heterocycles. The van der Waals surface area contributed by atoms with Crippen molar-refractivity contribution in [1.29, 1.82) is 0 Å². The van der Waals surface area contributed by atoms with Crippen molar-refractivity contribution in [1.82, 2.24) is 0 Å². The van der Waals surface area contributed by atoms with Gasteiger partial charge in [-0.25, -0.2) is 0 Å². The van der Waals surface area contributed by atoms with Crippen LogP contribution >= 0.6 is 0 Å². The van der Waals surface area contributed by atoms with Crippen molar-refractivity contribution in [2.45, 2.75) is 192 Å². The topological polar surface area (TPSA) is 80.9 Å². The zero-order valence-corrected chi connectivity index (χ0v) is 28.4. The first-order valence-electron chi connectivity index (χ1n) is 15.4. The van der Waals surface area contributed by atoms with E-state index in [1.807, 2.05) is 20.8 Å². The first-order valence-corrected chi connectivity index (χ1v) is 17.6. The summed E-state index contributed by atoms with van der Waals surface area (Å²) in [7, 11) is -2.05. The zero-order valence-electron chi connectivity index (χ0n) is 25.0. The summed E-state index contributed by atoms with van der Waals surface area (Å²) >= 11 is 0. The summed E-state index contributed by atoms with van der Waals surface area (Å²) in [6.07, 6.45) is 23.2. The van der Waals surface area contributed by atoms with E-state index in [9.17, 15) is 4.80 Å². The standard InChI is InChI=1S/C18H34OSi.3C4H10O.Zr/c19-20(16-10-4-1-5-11-16,17-12-6-2-7-13-17)18-14-8-3-9-15-18;3*1-3-4(2)5;/h16-19H,1-15H2;3*4-5H,3H2,1-2H3;. The van der Waals surface area contributed by atoms with Crippen molar-refractivity contribution in [3.8, 4) is 0 Å². The van der Waals surface area contributed by atoms with E-state index in [1.165, 1.54) is 96.3 Å². The van der Waals surface area contributed by atoms with Gasteiger partial charge in [0.15, 0.2) is 8.32 Å². The van der Waals surface area contributed by atoms with E-state index in [0.29, 0.717) is 0 Å². The molecule has 3 unspecified atom stereocenters. The molecule has 4 N–H and O–H groups in total. The van der Waals surface area contributed by atoms with Gasteiger partial charge in [-0.1, -0.05) is 117 Å². The normalized spacial score (nSPS) is 22.2.